The Morgan fingerprint density at radius 2 is 1.93 bits per heavy atom. The van der Waals surface area contributed by atoms with Crippen molar-refractivity contribution < 1.29 is 14.3 Å². The van der Waals surface area contributed by atoms with E-state index in [1.54, 1.807) is 14.2 Å². The lowest BCUT2D eigenvalue weighted by atomic mass is 9.57. The summed E-state index contributed by atoms with van der Waals surface area (Å²) < 4.78 is 11.6. The normalized spacial score (nSPS) is 29.1. The van der Waals surface area contributed by atoms with Crippen LogP contribution in [0, 0.1) is 5.92 Å². The molecule has 160 valence electrons. The van der Waals surface area contributed by atoms with Crippen molar-refractivity contribution in [1.82, 2.24) is 10.2 Å². The third-order valence-electron chi connectivity index (χ3n) is 7.05. The zero-order valence-electron chi connectivity index (χ0n) is 18.1. The molecule has 2 aliphatic rings. The number of likely N-dealkylation sites (tertiary alicyclic amines) is 1. The van der Waals surface area contributed by atoms with E-state index >= 15 is 0 Å². The molecule has 0 bridgehead atoms. The predicted molar refractivity (Wildman–Crippen MR) is 118 cm³/mol. The summed E-state index contributed by atoms with van der Waals surface area (Å²) >= 11 is 0. The summed E-state index contributed by atoms with van der Waals surface area (Å²) in [4.78, 5) is 15.3. The lowest BCUT2D eigenvalue weighted by Crippen LogP contribution is -2.60. The number of hydrogen-bond donors (Lipinski definition) is 1. The highest BCUT2D eigenvalue weighted by Crippen LogP contribution is 2.50. The Morgan fingerprint density at radius 1 is 1.13 bits per heavy atom. The first kappa shape index (κ1) is 20.9. The molecule has 1 heterocycles. The van der Waals surface area contributed by atoms with Crippen LogP contribution in [0.15, 0.2) is 54.6 Å². The molecule has 4 rings (SSSR count). The van der Waals surface area contributed by atoms with Gasteiger partial charge in [0.15, 0.2) is 0 Å². The molecule has 0 aromatic heterocycles. The number of amides is 1. The van der Waals surface area contributed by atoms with E-state index in [9.17, 15) is 4.79 Å². The summed E-state index contributed by atoms with van der Waals surface area (Å²) in [6, 6.07) is 18.0. The summed E-state index contributed by atoms with van der Waals surface area (Å²) in [5.41, 5.74) is 1.95. The van der Waals surface area contributed by atoms with Crippen LogP contribution in [-0.2, 0) is 10.2 Å². The number of benzene rings is 2. The number of nitrogens with zero attached hydrogens (tertiary/aromatic N) is 1. The summed E-state index contributed by atoms with van der Waals surface area (Å²) in [5.74, 6) is 1.24. The molecule has 2 aromatic rings. The molecule has 2 fully saturated rings. The molecular formula is C25H32N2O3. The van der Waals surface area contributed by atoms with Gasteiger partial charge in [-0.1, -0.05) is 30.3 Å². The van der Waals surface area contributed by atoms with E-state index in [1.807, 2.05) is 36.4 Å². The molecule has 1 saturated heterocycles. The van der Waals surface area contributed by atoms with E-state index in [2.05, 4.69) is 35.5 Å². The fourth-order valence-electron chi connectivity index (χ4n) is 5.51. The number of methoxy groups -OCH3 is 2. The van der Waals surface area contributed by atoms with Crippen molar-refractivity contribution in [2.45, 2.75) is 36.8 Å². The van der Waals surface area contributed by atoms with E-state index < -0.39 is 0 Å². The minimum atomic E-state index is -0.0470. The maximum absolute atomic E-state index is 12.9. The van der Waals surface area contributed by atoms with Gasteiger partial charge in [0.2, 0.25) is 0 Å². The van der Waals surface area contributed by atoms with Crippen LogP contribution < -0.4 is 10.1 Å². The van der Waals surface area contributed by atoms with Gasteiger partial charge >= 0.3 is 0 Å². The smallest absolute Gasteiger partial charge is 0.251 e. The van der Waals surface area contributed by atoms with Gasteiger partial charge < -0.3 is 19.7 Å². The Morgan fingerprint density at radius 3 is 2.67 bits per heavy atom. The average Bonchev–Trinajstić information content (AvgIpc) is 2.79. The van der Waals surface area contributed by atoms with Gasteiger partial charge in [-0.25, -0.2) is 0 Å². The van der Waals surface area contributed by atoms with E-state index in [0.29, 0.717) is 11.5 Å². The minimum absolute atomic E-state index is 0.0115. The van der Waals surface area contributed by atoms with Crippen LogP contribution in [0.2, 0.25) is 0 Å². The van der Waals surface area contributed by atoms with Crippen molar-refractivity contribution in [1.29, 1.82) is 0 Å². The first-order valence-electron chi connectivity index (χ1n) is 10.8. The molecule has 5 heteroatoms. The second-order valence-electron chi connectivity index (χ2n) is 8.76. The number of fused-ring (bicyclic) bond motifs is 1. The fraction of sp³-hybridized carbons (Fsp3) is 0.480. The third kappa shape index (κ3) is 3.96. The monoisotopic (exact) mass is 408 g/mol. The van der Waals surface area contributed by atoms with Gasteiger partial charge in [0, 0.05) is 36.6 Å². The van der Waals surface area contributed by atoms with Gasteiger partial charge in [-0.3, -0.25) is 4.79 Å². The number of carbonyl (C=O) groups excluding carboxylic acids is 1. The number of ether oxygens (including phenoxy) is 2. The highest BCUT2D eigenvalue weighted by Gasteiger charge is 2.52. The van der Waals surface area contributed by atoms with Crippen molar-refractivity contribution in [2.24, 2.45) is 5.92 Å². The fourth-order valence-corrected chi connectivity index (χ4v) is 5.51. The molecule has 1 amide bonds. The molecule has 3 unspecified atom stereocenters. The maximum Gasteiger partial charge on any atom is 0.251 e. The van der Waals surface area contributed by atoms with Crippen molar-refractivity contribution in [2.75, 3.05) is 34.4 Å². The second kappa shape index (κ2) is 8.78. The van der Waals surface area contributed by atoms with Crippen LogP contribution >= 0.6 is 0 Å². The highest BCUT2D eigenvalue weighted by atomic mass is 16.5. The topological polar surface area (TPSA) is 50.8 Å². The average molecular weight is 409 g/mol. The quantitative estimate of drug-likeness (QED) is 0.823. The second-order valence-corrected chi connectivity index (χ2v) is 8.76. The van der Waals surface area contributed by atoms with Crippen molar-refractivity contribution in [3.05, 3.63) is 65.7 Å². The van der Waals surface area contributed by atoms with Gasteiger partial charge in [0.25, 0.3) is 5.91 Å². The van der Waals surface area contributed by atoms with Crippen molar-refractivity contribution in [3.63, 3.8) is 0 Å². The van der Waals surface area contributed by atoms with Crippen LogP contribution in [0.25, 0.3) is 0 Å². The SMILES string of the molecule is COc1cccc(C23CCN(C)CC2C(OC)C[C@H](NC(=O)c2ccccc2)C3)c1. The third-order valence-corrected chi connectivity index (χ3v) is 7.05. The zero-order chi connectivity index (χ0) is 21.1. The molecule has 2 aromatic carbocycles. The van der Waals surface area contributed by atoms with Gasteiger partial charge in [0.05, 0.1) is 13.2 Å². The zero-order valence-corrected chi connectivity index (χ0v) is 18.1. The minimum Gasteiger partial charge on any atom is -0.497 e. The summed E-state index contributed by atoms with van der Waals surface area (Å²) in [7, 11) is 5.70. The molecule has 4 atom stereocenters. The summed E-state index contributed by atoms with van der Waals surface area (Å²) in [6.45, 7) is 2.03. The van der Waals surface area contributed by atoms with Crippen LogP contribution in [0.3, 0.4) is 0 Å². The molecule has 1 aliphatic heterocycles. The Labute approximate surface area is 179 Å². The van der Waals surface area contributed by atoms with Crippen LogP contribution in [0.1, 0.15) is 35.2 Å². The number of carbonyl (C=O) groups is 1. The maximum atomic E-state index is 12.9. The Hall–Kier alpha value is -2.37. The largest absolute Gasteiger partial charge is 0.497 e. The summed E-state index contributed by atoms with van der Waals surface area (Å²) in [5, 5.41) is 3.30. The Bertz CT molecular complexity index is 872. The number of nitrogens with one attached hydrogen (secondary N) is 1. The lowest BCUT2D eigenvalue weighted by Gasteiger charge is -2.55. The van der Waals surface area contributed by atoms with Crippen LogP contribution in [0.5, 0.6) is 5.75 Å². The van der Waals surface area contributed by atoms with Crippen molar-refractivity contribution in [3.8, 4) is 5.75 Å². The van der Waals surface area contributed by atoms with Gasteiger partial charge in [-0.2, -0.15) is 0 Å². The highest BCUT2D eigenvalue weighted by molar-refractivity contribution is 5.94. The molecule has 30 heavy (non-hydrogen) atoms. The van der Waals surface area contributed by atoms with Gasteiger partial charge in [-0.05, 0) is 62.7 Å². The molecule has 0 spiro atoms. The molecular weight excluding hydrogens is 376 g/mol. The van der Waals surface area contributed by atoms with Crippen LogP contribution in [-0.4, -0.2) is 57.3 Å². The van der Waals surface area contributed by atoms with E-state index in [-0.39, 0.29) is 23.5 Å². The van der Waals surface area contributed by atoms with Crippen LogP contribution in [0.4, 0.5) is 0 Å². The van der Waals surface area contributed by atoms with E-state index in [0.717, 1.165) is 38.1 Å². The Balaban J connectivity index is 1.67. The molecule has 1 aliphatic carbocycles. The number of piperidine rings is 1. The predicted octanol–water partition coefficient (Wildman–Crippen LogP) is 3.49. The van der Waals surface area contributed by atoms with Gasteiger partial charge in [0.1, 0.15) is 5.75 Å². The molecule has 1 N–H and O–H groups in total. The lowest BCUT2D eigenvalue weighted by molar-refractivity contribution is -0.0629. The Kier molecular flexibility index (Phi) is 6.11. The van der Waals surface area contributed by atoms with Crippen molar-refractivity contribution >= 4 is 5.91 Å². The first-order valence-corrected chi connectivity index (χ1v) is 10.8. The molecule has 1 saturated carbocycles. The molecule has 0 radical (unpaired) electrons. The summed E-state index contributed by atoms with van der Waals surface area (Å²) in [6.07, 6.45) is 2.88. The number of hydrogen-bond acceptors (Lipinski definition) is 4. The molecule has 5 nitrogen and oxygen atoms in total. The number of rotatable bonds is 5. The van der Waals surface area contributed by atoms with E-state index in [4.69, 9.17) is 9.47 Å². The first-order chi connectivity index (χ1) is 14.6. The van der Waals surface area contributed by atoms with E-state index in [1.165, 1.54) is 5.56 Å². The van der Waals surface area contributed by atoms with Gasteiger partial charge in [-0.15, -0.1) is 0 Å². The standard InChI is InChI=1S/C25H32N2O3/c1-27-13-12-25(19-10-7-11-21(14-19)29-2)16-20(15-23(30-3)22(25)17-27)26-24(28)18-8-5-4-6-9-18/h4-11,14,20,22-23H,12-13,15-17H2,1-3H3,(H,26,28)/t20-,22?,23?,25?/m0/s1.